The van der Waals surface area contributed by atoms with E-state index >= 15 is 0 Å². The third-order valence-corrected chi connectivity index (χ3v) is 1.66. The number of primary amides is 1. The zero-order valence-electron chi connectivity index (χ0n) is 7.28. The second-order valence-electron chi connectivity index (χ2n) is 2.97. The van der Waals surface area contributed by atoms with Crippen molar-refractivity contribution < 1.29 is 14.3 Å². The monoisotopic (exact) mass is 184 g/mol. The van der Waals surface area contributed by atoms with Crippen LogP contribution in [0.2, 0.25) is 0 Å². The summed E-state index contributed by atoms with van der Waals surface area (Å²) in [5.41, 5.74) is 3.64. The first kappa shape index (κ1) is 9.60. The number of amides is 2. The van der Waals surface area contributed by atoms with E-state index in [0.717, 1.165) is 0 Å². The first-order valence-electron chi connectivity index (χ1n) is 3.82. The van der Waals surface area contributed by atoms with E-state index in [-0.39, 0.29) is 6.54 Å². The molecule has 0 spiro atoms. The molecule has 0 saturated heterocycles. The van der Waals surface area contributed by atoms with Crippen molar-refractivity contribution in [2.75, 3.05) is 6.54 Å². The van der Waals surface area contributed by atoms with E-state index < -0.39 is 11.6 Å². The van der Waals surface area contributed by atoms with Crippen LogP contribution in [0, 0.1) is 0 Å². The molecule has 13 heavy (non-hydrogen) atoms. The third-order valence-electron chi connectivity index (χ3n) is 1.66. The lowest BCUT2D eigenvalue weighted by Crippen LogP contribution is -2.40. The van der Waals surface area contributed by atoms with Crippen LogP contribution in [0.1, 0.15) is 12.7 Å². The van der Waals surface area contributed by atoms with Gasteiger partial charge in [0.2, 0.25) is 0 Å². The van der Waals surface area contributed by atoms with Crippen molar-refractivity contribution in [3.05, 3.63) is 24.2 Å². The maximum atomic E-state index is 10.4. The average molecular weight is 184 g/mol. The van der Waals surface area contributed by atoms with E-state index in [1.165, 1.54) is 13.2 Å². The Bertz CT molecular complexity index is 280. The lowest BCUT2D eigenvalue weighted by atomic mass is 10.0. The Hall–Kier alpha value is -1.49. The van der Waals surface area contributed by atoms with E-state index in [1.54, 1.807) is 12.1 Å². The van der Waals surface area contributed by atoms with Gasteiger partial charge in [0.25, 0.3) is 0 Å². The lowest BCUT2D eigenvalue weighted by Gasteiger charge is -2.20. The molecule has 4 N–H and O–H groups in total. The van der Waals surface area contributed by atoms with Gasteiger partial charge in [-0.1, -0.05) is 0 Å². The molecule has 0 aliphatic carbocycles. The van der Waals surface area contributed by atoms with Crippen molar-refractivity contribution in [1.82, 2.24) is 5.32 Å². The predicted octanol–water partition coefficient (Wildman–Crippen LogP) is 0.155. The highest BCUT2D eigenvalue weighted by Crippen LogP contribution is 2.19. The van der Waals surface area contributed by atoms with Gasteiger partial charge in [0.1, 0.15) is 11.4 Å². The lowest BCUT2D eigenvalue weighted by molar-refractivity contribution is 0.0370. The molecule has 0 bridgehead atoms. The molecular formula is C8H12N2O3. The van der Waals surface area contributed by atoms with E-state index in [2.05, 4.69) is 5.32 Å². The zero-order chi connectivity index (χ0) is 9.90. The summed E-state index contributed by atoms with van der Waals surface area (Å²) >= 11 is 0. The van der Waals surface area contributed by atoms with Gasteiger partial charge in [0.05, 0.1) is 12.8 Å². The summed E-state index contributed by atoms with van der Waals surface area (Å²) in [6.45, 7) is 1.55. The van der Waals surface area contributed by atoms with Crippen LogP contribution in [0.5, 0.6) is 0 Å². The summed E-state index contributed by atoms with van der Waals surface area (Å²) in [5.74, 6) is 0.390. The number of hydrogen-bond acceptors (Lipinski definition) is 3. The van der Waals surface area contributed by atoms with Gasteiger partial charge in [0.15, 0.2) is 0 Å². The minimum atomic E-state index is -1.22. The summed E-state index contributed by atoms with van der Waals surface area (Å²) in [6.07, 6.45) is 1.45. The smallest absolute Gasteiger partial charge is 0.312 e. The number of nitrogens with one attached hydrogen (secondary N) is 1. The van der Waals surface area contributed by atoms with Crippen LogP contribution in [-0.4, -0.2) is 17.7 Å². The minimum Gasteiger partial charge on any atom is -0.466 e. The molecule has 2 amide bonds. The van der Waals surface area contributed by atoms with E-state index in [0.29, 0.717) is 5.76 Å². The van der Waals surface area contributed by atoms with Crippen molar-refractivity contribution in [2.24, 2.45) is 5.73 Å². The highest BCUT2D eigenvalue weighted by Gasteiger charge is 2.26. The van der Waals surface area contributed by atoms with Crippen LogP contribution in [0.3, 0.4) is 0 Å². The number of carbonyl (C=O) groups excluding carboxylic acids is 1. The van der Waals surface area contributed by atoms with Crippen LogP contribution >= 0.6 is 0 Å². The summed E-state index contributed by atoms with van der Waals surface area (Å²) < 4.78 is 4.99. The molecule has 5 nitrogen and oxygen atoms in total. The van der Waals surface area contributed by atoms with Gasteiger partial charge in [-0.2, -0.15) is 0 Å². The number of furan rings is 1. The largest absolute Gasteiger partial charge is 0.466 e. The highest BCUT2D eigenvalue weighted by molar-refractivity contribution is 5.71. The van der Waals surface area contributed by atoms with Crippen LogP contribution in [-0.2, 0) is 5.60 Å². The average Bonchev–Trinajstić information content (AvgIpc) is 2.53. The SMILES string of the molecule is CC(O)(CNC(N)=O)c1ccco1. The Labute approximate surface area is 75.5 Å². The van der Waals surface area contributed by atoms with Gasteiger partial charge in [-0.05, 0) is 19.1 Å². The number of rotatable bonds is 3. The molecule has 1 atom stereocenters. The molecule has 1 aromatic rings. The Kier molecular flexibility index (Phi) is 2.57. The maximum absolute atomic E-state index is 10.4. The van der Waals surface area contributed by atoms with Crippen molar-refractivity contribution in [2.45, 2.75) is 12.5 Å². The molecule has 1 aromatic heterocycles. The Morgan fingerprint density at radius 2 is 2.54 bits per heavy atom. The van der Waals surface area contributed by atoms with Crippen LogP contribution in [0.4, 0.5) is 4.79 Å². The molecule has 5 heteroatoms. The zero-order valence-corrected chi connectivity index (χ0v) is 7.28. The number of hydrogen-bond donors (Lipinski definition) is 3. The van der Waals surface area contributed by atoms with Gasteiger partial charge in [-0.15, -0.1) is 0 Å². The fourth-order valence-electron chi connectivity index (χ4n) is 0.931. The second kappa shape index (κ2) is 3.49. The second-order valence-corrected chi connectivity index (χ2v) is 2.97. The third kappa shape index (κ3) is 2.48. The summed E-state index contributed by atoms with van der Waals surface area (Å²) in [4.78, 5) is 10.4. The minimum absolute atomic E-state index is 0.0237. The van der Waals surface area contributed by atoms with Crippen molar-refractivity contribution in [1.29, 1.82) is 0 Å². The predicted molar refractivity (Wildman–Crippen MR) is 45.9 cm³/mol. The molecule has 0 fully saturated rings. The number of aliphatic hydroxyl groups is 1. The number of carbonyl (C=O) groups is 1. The van der Waals surface area contributed by atoms with Crippen molar-refractivity contribution in [3.63, 3.8) is 0 Å². The van der Waals surface area contributed by atoms with Gasteiger partial charge < -0.3 is 20.6 Å². The van der Waals surface area contributed by atoms with Gasteiger partial charge in [0, 0.05) is 0 Å². The fraction of sp³-hybridized carbons (Fsp3) is 0.375. The Balaban J connectivity index is 2.61. The van der Waals surface area contributed by atoms with Crippen LogP contribution in [0.25, 0.3) is 0 Å². The Morgan fingerprint density at radius 1 is 1.85 bits per heavy atom. The molecule has 0 aliphatic rings. The highest BCUT2D eigenvalue weighted by atomic mass is 16.4. The standard InChI is InChI=1S/C8H12N2O3/c1-8(12,5-10-7(9)11)6-3-2-4-13-6/h2-4,12H,5H2,1H3,(H3,9,10,11). The van der Waals surface area contributed by atoms with E-state index in [9.17, 15) is 9.90 Å². The summed E-state index contributed by atoms with van der Waals surface area (Å²) in [7, 11) is 0. The summed E-state index contributed by atoms with van der Waals surface area (Å²) in [5, 5.41) is 12.1. The van der Waals surface area contributed by atoms with E-state index in [1.807, 2.05) is 0 Å². The molecule has 0 aromatic carbocycles. The first-order valence-corrected chi connectivity index (χ1v) is 3.82. The Morgan fingerprint density at radius 3 is 3.00 bits per heavy atom. The number of nitrogens with two attached hydrogens (primary N) is 1. The first-order chi connectivity index (χ1) is 6.02. The molecule has 0 radical (unpaired) electrons. The fourth-order valence-corrected chi connectivity index (χ4v) is 0.931. The van der Waals surface area contributed by atoms with Gasteiger partial charge >= 0.3 is 6.03 Å². The van der Waals surface area contributed by atoms with Crippen LogP contribution in [0.15, 0.2) is 22.8 Å². The summed E-state index contributed by atoms with van der Waals surface area (Å²) in [6, 6.07) is 2.61. The quantitative estimate of drug-likeness (QED) is 0.625. The molecule has 1 rings (SSSR count). The molecule has 1 heterocycles. The maximum Gasteiger partial charge on any atom is 0.312 e. The van der Waals surface area contributed by atoms with Crippen LogP contribution < -0.4 is 11.1 Å². The van der Waals surface area contributed by atoms with E-state index in [4.69, 9.17) is 10.2 Å². The van der Waals surface area contributed by atoms with Crippen molar-refractivity contribution in [3.8, 4) is 0 Å². The van der Waals surface area contributed by atoms with Crippen molar-refractivity contribution >= 4 is 6.03 Å². The molecular weight excluding hydrogens is 172 g/mol. The molecule has 1 unspecified atom stereocenters. The number of urea groups is 1. The molecule has 72 valence electrons. The normalized spacial score (nSPS) is 14.9. The van der Waals surface area contributed by atoms with Gasteiger partial charge in [-0.25, -0.2) is 4.79 Å². The molecule has 0 saturated carbocycles. The van der Waals surface area contributed by atoms with Gasteiger partial charge in [-0.3, -0.25) is 0 Å². The molecule has 0 aliphatic heterocycles. The topological polar surface area (TPSA) is 88.5 Å².